The fraction of sp³-hybridized carbons (Fsp3) is 0.467. The predicted octanol–water partition coefficient (Wildman–Crippen LogP) is 1.24. The highest BCUT2D eigenvalue weighted by atomic mass is 16.2. The smallest absolute Gasteiger partial charge is 0.254 e. The number of nitrogens with one attached hydrogen (secondary N) is 1. The summed E-state index contributed by atoms with van der Waals surface area (Å²) >= 11 is 0. The van der Waals surface area contributed by atoms with Crippen LogP contribution >= 0.6 is 0 Å². The second kappa shape index (κ2) is 5.53. The van der Waals surface area contributed by atoms with Crippen LogP contribution < -0.4 is 11.1 Å². The predicted molar refractivity (Wildman–Crippen MR) is 78.5 cm³/mol. The highest BCUT2D eigenvalue weighted by molar-refractivity contribution is 5.98. The zero-order valence-electron chi connectivity index (χ0n) is 12.2. The quantitative estimate of drug-likeness (QED) is 0.812. The minimum atomic E-state index is -0.180. The average Bonchev–Trinajstić information content (AvgIpc) is 3.16. The molecule has 1 saturated carbocycles. The van der Waals surface area contributed by atoms with Crippen LogP contribution in [0.4, 0.5) is 5.69 Å². The maximum Gasteiger partial charge on any atom is 0.254 e. The van der Waals surface area contributed by atoms with Gasteiger partial charge in [0.05, 0.1) is 6.54 Å². The molecule has 3 N–H and O–H groups in total. The van der Waals surface area contributed by atoms with Gasteiger partial charge in [0.2, 0.25) is 5.91 Å². The molecule has 2 rings (SSSR count). The molecular formula is C15H21N3O2. The first-order valence-electron chi connectivity index (χ1n) is 6.80. The Balaban J connectivity index is 2.05. The molecule has 0 saturated heterocycles. The number of carbonyl (C=O) groups is 2. The summed E-state index contributed by atoms with van der Waals surface area (Å²) in [7, 11) is 1.63. The number of benzene rings is 1. The van der Waals surface area contributed by atoms with Crippen molar-refractivity contribution < 1.29 is 9.59 Å². The molecule has 0 heterocycles. The van der Waals surface area contributed by atoms with E-state index in [0.29, 0.717) is 17.3 Å². The summed E-state index contributed by atoms with van der Waals surface area (Å²) in [5, 5.41) is 2.87. The van der Waals surface area contributed by atoms with E-state index >= 15 is 0 Å². The molecule has 0 aromatic heterocycles. The summed E-state index contributed by atoms with van der Waals surface area (Å²) < 4.78 is 0. The Morgan fingerprint density at radius 1 is 1.30 bits per heavy atom. The molecule has 108 valence electrons. The zero-order chi connectivity index (χ0) is 14.9. The monoisotopic (exact) mass is 275 g/mol. The lowest BCUT2D eigenvalue weighted by Gasteiger charge is -2.18. The Labute approximate surface area is 119 Å². The van der Waals surface area contributed by atoms with Crippen molar-refractivity contribution in [2.75, 3.05) is 19.3 Å². The SMILES string of the molecule is Cc1cc(C)c(C(=O)N(C)CC(=O)NC2CC2)cc1N. The lowest BCUT2D eigenvalue weighted by Crippen LogP contribution is -2.39. The topological polar surface area (TPSA) is 75.4 Å². The lowest BCUT2D eigenvalue weighted by molar-refractivity contribution is -0.121. The van der Waals surface area contributed by atoms with Gasteiger partial charge in [-0.3, -0.25) is 9.59 Å². The van der Waals surface area contributed by atoms with E-state index in [0.717, 1.165) is 24.0 Å². The van der Waals surface area contributed by atoms with Gasteiger partial charge in [0.15, 0.2) is 0 Å². The molecule has 20 heavy (non-hydrogen) atoms. The molecule has 2 amide bonds. The van der Waals surface area contributed by atoms with Crippen molar-refractivity contribution in [1.82, 2.24) is 10.2 Å². The normalized spacial score (nSPS) is 13.9. The summed E-state index contributed by atoms with van der Waals surface area (Å²) in [6, 6.07) is 3.88. The van der Waals surface area contributed by atoms with Crippen LogP contribution in [0.5, 0.6) is 0 Å². The van der Waals surface area contributed by atoms with Crippen LogP contribution in [0.3, 0.4) is 0 Å². The van der Waals surface area contributed by atoms with Gasteiger partial charge in [-0.25, -0.2) is 0 Å². The van der Waals surface area contributed by atoms with Gasteiger partial charge in [-0.2, -0.15) is 0 Å². The van der Waals surface area contributed by atoms with Crippen molar-refractivity contribution >= 4 is 17.5 Å². The van der Waals surface area contributed by atoms with Crippen molar-refractivity contribution in [2.45, 2.75) is 32.7 Å². The summed E-state index contributed by atoms with van der Waals surface area (Å²) in [5.74, 6) is -0.291. The number of anilines is 1. The molecular weight excluding hydrogens is 254 g/mol. The zero-order valence-corrected chi connectivity index (χ0v) is 12.2. The van der Waals surface area contributed by atoms with Crippen molar-refractivity contribution in [1.29, 1.82) is 0 Å². The van der Waals surface area contributed by atoms with E-state index in [9.17, 15) is 9.59 Å². The third-order valence-electron chi connectivity index (χ3n) is 3.51. The Hall–Kier alpha value is -2.04. The highest BCUT2D eigenvalue weighted by Gasteiger charge is 2.25. The fourth-order valence-corrected chi connectivity index (χ4v) is 2.09. The summed E-state index contributed by atoms with van der Waals surface area (Å²) in [6.07, 6.45) is 2.08. The van der Waals surface area contributed by atoms with Crippen molar-refractivity contribution in [3.05, 3.63) is 28.8 Å². The summed E-state index contributed by atoms with van der Waals surface area (Å²) in [5.41, 5.74) is 8.82. The summed E-state index contributed by atoms with van der Waals surface area (Å²) in [4.78, 5) is 25.5. The van der Waals surface area contributed by atoms with Gasteiger partial charge < -0.3 is 16.0 Å². The van der Waals surface area contributed by atoms with Crippen LogP contribution in [0.1, 0.15) is 34.3 Å². The average molecular weight is 275 g/mol. The molecule has 1 aliphatic rings. The van der Waals surface area contributed by atoms with Crippen LogP contribution in [0.15, 0.2) is 12.1 Å². The molecule has 0 bridgehead atoms. The number of hydrogen-bond donors (Lipinski definition) is 2. The molecule has 1 fully saturated rings. The van der Waals surface area contributed by atoms with E-state index in [1.807, 2.05) is 19.9 Å². The molecule has 0 radical (unpaired) electrons. The van der Waals surface area contributed by atoms with Crippen LogP contribution in [0.2, 0.25) is 0 Å². The first-order valence-corrected chi connectivity index (χ1v) is 6.80. The Morgan fingerprint density at radius 2 is 1.95 bits per heavy atom. The van der Waals surface area contributed by atoms with Gasteiger partial charge in [-0.15, -0.1) is 0 Å². The van der Waals surface area contributed by atoms with Gasteiger partial charge >= 0.3 is 0 Å². The third kappa shape index (κ3) is 3.29. The molecule has 0 atom stereocenters. The number of amides is 2. The number of nitrogen functional groups attached to an aromatic ring is 1. The van der Waals surface area contributed by atoms with E-state index < -0.39 is 0 Å². The maximum absolute atomic E-state index is 12.4. The largest absolute Gasteiger partial charge is 0.398 e. The molecule has 0 aliphatic heterocycles. The van der Waals surface area contributed by atoms with Gasteiger partial charge in [0, 0.05) is 24.3 Å². The molecule has 5 heteroatoms. The fourth-order valence-electron chi connectivity index (χ4n) is 2.09. The first-order chi connectivity index (χ1) is 9.38. The standard InChI is InChI=1S/C15H21N3O2/c1-9-6-10(2)13(16)7-12(9)15(20)18(3)8-14(19)17-11-4-5-11/h6-7,11H,4-5,8,16H2,1-3H3,(H,17,19). The number of carbonyl (C=O) groups excluding carboxylic acids is 2. The summed E-state index contributed by atoms with van der Waals surface area (Å²) in [6.45, 7) is 3.85. The number of aryl methyl sites for hydroxylation is 2. The van der Waals surface area contributed by atoms with Crippen molar-refractivity contribution in [3.8, 4) is 0 Å². The minimum absolute atomic E-state index is 0.0720. The molecule has 0 spiro atoms. The highest BCUT2D eigenvalue weighted by Crippen LogP contribution is 2.20. The maximum atomic E-state index is 12.4. The number of likely N-dealkylation sites (N-methyl/N-ethyl adjacent to an activating group) is 1. The molecule has 1 aliphatic carbocycles. The second-order valence-electron chi connectivity index (χ2n) is 5.53. The second-order valence-corrected chi connectivity index (χ2v) is 5.53. The van der Waals surface area contributed by atoms with E-state index in [-0.39, 0.29) is 18.4 Å². The lowest BCUT2D eigenvalue weighted by atomic mass is 10.0. The Bertz CT molecular complexity index is 550. The van der Waals surface area contributed by atoms with E-state index in [1.54, 1.807) is 13.1 Å². The molecule has 0 unspecified atom stereocenters. The van der Waals surface area contributed by atoms with Gasteiger partial charge in [-0.05, 0) is 43.9 Å². The Kier molecular flexibility index (Phi) is 3.97. The van der Waals surface area contributed by atoms with Crippen molar-refractivity contribution in [2.24, 2.45) is 0 Å². The van der Waals surface area contributed by atoms with Crippen LogP contribution in [-0.4, -0.2) is 36.3 Å². The minimum Gasteiger partial charge on any atom is -0.398 e. The number of nitrogens with two attached hydrogens (primary N) is 1. The molecule has 1 aromatic rings. The van der Waals surface area contributed by atoms with Gasteiger partial charge in [-0.1, -0.05) is 6.07 Å². The Morgan fingerprint density at radius 3 is 2.55 bits per heavy atom. The van der Waals surface area contributed by atoms with Gasteiger partial charge in [0.1, 0.15) is 0 Å². The molecule has 1 aromatic carbocycles. The van der Waals surface area contributed by atoms with Crippen LogP contribution in [0.25, 0.3) is 0 Å². The van der Waals surface area contributed by atoms with Crippen LogP contribution in [0, 0.1) is 13.8 Å². The van der Waals surface area contributed by atoms with E-state index in [1.165, 1.54) is 4.90 Å². The van der Waals surface area contributed by atoms with E-state index in [4.69, 9.17) is 5.73 Å². The number of rotatable bonds is 4. The third-order valence-corrected chi connectivity index (χ3v) is 3.51. The van der Waals surface area contributed by atoms with E-state index in [2.05, 4.69) is 5.32 Å². The van der Waals surface area contributed by atoms with Crippen LogP contribution in [-0.2, 0) is 4.79 Å². The number of hydrogen-bond acceptors (Lipinski definition) is 3. The first kappa shape index (κ1) is 14.4. The van der Waals surface area contributed by atoms with Crippen molar-refractivity contribution in [3.63, 3.8) is 0 Å². The number of nitrogens with zero attached hydrogens (tertiary/aromatic N) is 1. The molecule has 5 nitrogen and oxygen atoms in total. The van der Waals surface area contributed by atoms with Gasteiger partial charge in [0.25, 0.3) is 5.91 Å².